The third kappa shape index (κ3) is 3.10. The predicted octanol–water partition coefficient (Wildman–Crippen LogP) is 6.87. The lowest BCUT2D eigenvalue weighted by Crippen LogP contribution is -1.88. The van der Waals surface area contributed by atoms with E-state index in [1.165, 1.54) is 22.3 Å². The topological polar surface area (TPSA) is 9.23 Å². The highest BCUT2D eigenvalue weighted by molar-refractivity contribution is 7.11. The molecule has 1 aromatic heterocycles. The molecule has 0 aliphatic heterocycles. The second-order valence-corrected chi connectivity index (χ2v) is 6.38. The molecule has 0 atom stereocenters. The molecule has 4 rings (SSSR count). The lowest BCUT2D eigenvalue weighted by Gasteiger charge is -2.13. The first-order valence-electron chi connectivity index (χ1n) is 7.86. The van der Waals surface area contributed by atoms with Gasteiger partial charge in [0.05, 0.1) is 0 Å². The standard InChI is InChI=1S/C22H16OS/c1-3-8-17(9-4-1)20-14-13-19(23-22-12-7-15-24-22)16-21(20)18-10-5-2-6-11-18/h1-16H. The van der Waals surface area contributed by atoms with E-state index < -0.39 is 0 Å². The molecule has 0 N–H and O–H groups in total. The van der Waals surface area contributed by atoms with Crippen LogP contribution in [0.25, 0.3) is 22.3 Å². The van der Waals surface area contributed by atoms with Gasteiger partial charge in [0.1, 0.15) is 5.75 Å². The van der Waals surface area contributed by atoms with E-state index >= 15 is 0 Å². The average Bonchev–Trinajstić information content (AvgIpc) is 3.16. The number of benzene rings is 3. The molecule has 24 heavy (non-hydrogen) atoms. The molecule has 116 valence electrons. The van der Waals surface area contributed by atoms with Crippen LogP contribution in [0.5, 0.6) is 10.8 Å². The molecule has 0 spiro atoms. The Morgan fingerprint density at radius 1 is 0.583 bits per heavy atom. The van der Waals surface area contributed by atoms with Crippen molar-refractivity contribution in [1.82, 2.24) is 0 Å². The first-order valence-corrected chi connectivity index (χ1v) is 8.74. The summed E-state index contributed by atoms with van der Waals surface area (Å²) in [6.45, 7) is 0. The fourth-order valence-electron chi connectivity index (χ4n) is 2.75. The fourth-order valence-corrected chi connectivity index (χ4v) is 3.34. The van der Waals surface area contributed by atoms with E-state index in [4.69, 9.17) is 4.74 Å². The molecule has 4 aromatic rings. The summed E-state index contributed by atoms with van der Waals surface area (Å²) in [6.07, 6.45) is 0. The monoisotopic (exact) mass is 328 g/mol. The fraction of sp³-hybridized carbons (Fsp3) is 0. The van der Waals surface area contributed by atoms with Gasteiger partial charge in [0, 0.05) is 0 Å². The molecular formula is C22H16OS. The van der Waals surface area contributed by atoms with Gasteiger partial charge in [0.15, 0.2) is 5.06 Å². The Kier molecular flexibility index (Phi) is 4.13. The highest BCUT2D eigenvalue weighted by Crippen LogP contribution is 2.36. The summed E-state index contributed by atoms with van der Waals surface area (Å²) in [4.78, 5) is 0. The molecule has 0 saturated heterocycles. The van der Waals surface area contributed by atoms with Crippen molar-refractivity contribution in [2.75, 3.05) is 0 Å². The molecule has 1 heterocycles. The summed E-state index contributed by atoms with van der Waals surface area (Å²) in [6, 6.07) is 31.2. The minimum atomic E-state index is 0.857. The molecular weight excluding hydrogens is 312 g/mol. The third-order valence-corrected chi connectivity index (χ3v) is 4.62. The van der Waals surface area contributed by atoms with Crippen molar-refractivity contribution in [3.05, 3.63) is 96.4 Å². The van der Waals surface area contributed by atoms with Crippen molar-refractivity contribution >= 4 is 11.3 Å². The van der Waals surface area contributed by atoms with Crippen LogP contribution in [-0.2, 0) is 0 Å². The average molecular weight is 328 g/mol. The van der Waals surface area contributed by atoms with Crippen LogP contribution in [0.3, 0.4) is 0 Å². The number of thiophene rings is 1. The van der Waals surface area contributed by atoms with Gasteiger partial charge in [-0.1, -0.05) is 66.7 Å². The van der Waals surface area contributed by atoms with Crippen molar-refractivity contribution in [2.45, 2.75) is 0 Å². The second-order valence-electron chi connectivity index (χ2n) is 5.47. The van der Waals surface area contributed by atoms with Crippen LogP contribution in [0, 0.1) is 0 Å². The molecule has 1 nitrogen and oxygen atoms in total. The summed E-state index contributed by atoms with van der Waals surface area (Å²) >= 11 is 1.60. The molecule has 0 fully saturated rings. The van der Waals surface area contributed by atoms with Crippen LogP contribution in [-0.4, -0.2) is 0 Å². The highest BCUT2D eigenvalue weighted by Gasteiger charge is 2.10. The summed E-state index contributed by atoms with van der Waals surface area (Å²) in [5, 5.41) is 2.92. The lowest BCUT2D eigenvalue weighted by molar-refractivity contribution is 0.497. The van der Waals surface area contributed by atoms with Crippen LogP contribution in [0.2, 0.25) is 0 Å². The zero-order valence-corrected chi connectivity index (χ0v) is 13.9. The number of rotatable bonds is 4. The highest BCUT2D eigenvalue weighted by atomic mass is 32.1. The maximum atomic E-state index is 5.99. The van der Waals surface area contributed by atoms with E-state index in [1.807, 2.05) is 35.7 Å². The first kappa shape index (κ1) is 14.7. The molecule has 0 unspecified atom stereocenters. The van der Waals surface area contributed by atoms with Gasteiger partial charge in [-0.05, 0) is 51.9 Å². The summed E-state index contributed by atoms with van der Waals surface area (Å²) in [5.74, 6) is 0.857. The van der Waals surface area contributed by atoms with E-state index in [-0.39, 0.29) is 0 Å². The molecule has 3 aromatic carbocycles. The van der Waals surface area contributed by atoms with Gasteiger partial charge in [-0.3, -0.25) is 0 Å². The van der Waals surface area contributed by atoms with Crippen LogP contribution < -0.4 is 4.74 Å². The van der Waals surface area contributed by atoms with E-state index in [0.717, 1.165) is 10.8 Å². The van der Waals surface area contributed by atoms with Gasteiger partial charge >= 0.3 is 0 Å². The second kappa shape index (κ2) is 6.73. The molecule has 0 amide bonds. The summed E-state index contributed by atoms with van der Waals surface area (Å²) in [5.41, 5.74) is 4.78. The smallest absolute Gasteiger partial charge is 0.180 e. The van der Waals surface area contributed by atoms with Crippen molar-refractivity contribution < 1.29 is 4.74 Å². The van der Waals surface area contributed by atoms with Crippen LogP contribution in [0.15, 0.2) is 96.4 Å². The molecule has 0 saturated carbocycles. The molecule has 0 bridgehead atoms. The van der Waals surface area contributed by atoms with Gasteiger partial charge in [0.2, 0.25) is 0 Å². The summed E-state index contributed by atoms with van der Waals surface area (Å²) < 4.78 is 5.99. The number of ether oxygens (including phenoxy) is 1. The van der Waals surface area contributed by atoms with Crippen molar-refractivity contribution in [3.8, 4) is 33.1 Å². The minimum absolute atomic E-state index is 0.857. The van der Waals surface area contributed by atoms with E-state index in [1.54, 1.807) is 11.3 Å². The maximum absolute atomic E-state index is 5.99. The van der Waals surface area contributed by atoms with Gasteiger partial charge < -0.3 is 4.74 Å². The predicted molar refractivity (Wildman–Crippen MR) is 102 cm³/mol. The van der Waals surface area contributed by atoms with Crippen LogP contribution in [0.1, 0.15) is 0 Å². The van der Waals surface area contributed by atoms with Gasteiger partial charge in [0.25, 0.3) is 0 Å². The van der Waals surface area contributed by atoms with Gasteiger partial charge in [-0.25, -0.2) is 0 Å². The molecule has 0 radical (unpaired) electrons. The summed E-state index contributed by atoms with van der Waals surface area (Å²) in [7, 11) is 0. The van der Waals surface area contributed by atoms with Crippen LogP contribution >= 0.6 is 11.3 Å². The molecule has 0 aliphatic rings. The van der Waals surface area contributed by atoms with E-state index in [9.17, 15) is 0 Å². The largest absolute Gasteiger partial charge is 0.447 e. The Hall–Kier alpha value is -2.84. The Balaban J connectivity index is 1.82. The van der Waals surface area contributed by atoms with Gasteiger partial charge in [-0.2, -0.15) is 0 Å². The minimum Gasteiger partial charge on any atom is -0.447 e. The first-order chi connectivity index (χ1) is 11.9. The van der Waals surface area contributed by atoms with Crippen molar-refractivity contribution in [2.24, 2.45) is 0 Å². The maximum Gasteiger partial charge on any atom is 0.180 e. The Morgan fingerprint density at radius 3 is 1.88 bits per heavy atom. The van der Waals surface area contributed by atoms with Crippen molar-refractivity contribution in [3.63, 3.8) is 0 Å². The third-order valence-electron chi connectivity index (χ3n) is 3.87. The Bertz CT molecular complexity index is 913. The van der Waals surface area contributed by atoms with Gasteiger partial charge in [-0.15, -0.1) is 11.3 Å². The normalized spacial score (nSPS) is 10.5. The molecule has 0 aliphatic carbocycles. The zero-order chi connectivity index (χ0) is 16.2. The Morgan fingerprint density at radius 2 is 1.25 bits per heavy atom. The van der Waals surface area contributed by atoms with E-state index in [0.29, 0.717) is 0 Å². The van der Waals surface area contributed by atoms with Crippen molar-refractivity contribution in [1.29, 1.82) is 0 Å². The quantitative estimate of drug-likeness (QED) is 0.397. The zero-order valence-electron chi connectivity index (χ0n) is 13.1. The Labute approximate surface area is 145 Å². The van der Waals surface area contributed by atoms with E-state index in [2.05, 4.69) is 60.7 Å². The number of hydrogen-bond acceptors (Lipinski definition) is 2. The SMILES string of the molecule is c1ccc(-c2ccc(Oc3cccs3)cc2-c2ccccc2)cc1. The molecule has 2 heteroatoms. The lowest BCUT2D eigenvalue weighted by atomic mass is 9.94. The number of hydrogen-bond donors (Lipinski definition) is 0. The van der Waals surface area contributed by atoms with Crippen LogP contribution in [0.4, 0.5) is 0 Å².